The van der Waals surface area contributed by atoms with Crippen LogP contribution in [-0.4, -0.2) is 4.57 Å². The molecular weight excluding hydrogens is 556 g/mol. The van der Waals surface area contributed by atoms with Gasteiger partial charge in [-0.15, -0.1) is 0 Å². The molecule has 0 radical (unpaired) electrons. The molecule has 1 aromatic rings. The van der Waals surface area contributed by atoms with Crippen molar-refractivity contribution >= 4 is 0 Å². The first-order valence-corrected chi connectivity index (χ1v) is 21.9. The number of hydrogen-bond donors (Lipinski definition) is 0. The van der Waals surface area contributed by atoms with Crippen molar-refractivity contribution in [3.8, 4) is 0 Å². The Kier molecular flexibility index (Phi) is 33.4. The van der Waals surface area contributed by atoms with Crippen molar-refractivity contribution in [2.24, 2.45) is 0 Å². The van der Waals surface area contributed by atoms with Gasteiger partial charge in [-0.1, -0.05) is 213 Å². The van der Waals surface area contributed by atoms with Crippen LogP contribution in [0.15, 0.2) is 12.4 Å². The molecule has 46 heavy (non-hydrogen) atoms. The fourth-order valence-electron chi connectivity index (χ4n) is 7.39. The average Bonchev–Trinajstić information content (AvgIpc) is 3.45. The van der Waals surface area contributed by atoms with Gasteiger partial charge in [-0.25, -0.2) is 9.13 Å². The van der Waals surface area contributed by atoms with E-state index in [2.05, 4.69) is 42.3 Å². The van der Waals surface area contributed by atoms with Crippen LogP contribution in [0.2, 0.25) is 0 Å². The number of imidazole rings is 1. The second kappa shape index (κ2) is 35.5. The molecule has 0 amide bonds. The average molecular weight is 644 g/mol. The van der Waals surface area contributed by atoms with Crippen molar-refractivity contribution in [3.63, 3.8) is 0 Å². The number of aromatic nitrogens is 2. The minimum absolute atomic E-state index is 1.23. The van der Waals surface area contributed by atoms with Crippen molar-refractivity contribution in [2.45, 2.75) is 265 Å². The summed E-state index contributed by atoms with van der Waals surface area (Å²) in [6.45, 7) is 9.40. The summed E-state index contributed by atoms with van der Waals surface area (Å²) in [4.78, 5) is 0. The molecule has 1 heterocycles. The van der Waals surface area contributed by atoms with Crippen molar-refractivity contribution in [1.29, 1.82) is 0 Å². The molecule has 0 aromatic carbocycles. The van der Waals surface area contributed by atoms with Crippen molar-refractivity contribution < 1.29 is 4.57 Å². The first kappa shape index (κ1) is 43.2. The molecule has 0 aliphatic heterocycles. The summed E-state index contributed by atoms with van der Waals surface area (Å²) in [6.07, 6.45) is 56.4. The molecule has 0 fully saturated rings. The fourth-order valence-corrected chi connectivity index (χ4v) is 7.39. The Morgan fingerprint density at radius 2 is 0.674 bits per heavy atom. The molecular formula is C44H87N2+. The predicted octanol–water partition coefficient (Wildman–Crippen LogP) is 15.0. The number of nitrogens with zero attached hydrogens (tertiary/aromatic N) is 2. The highest BCUT2D eigenvalue weighted by atomic mass is 15.1. The van der Waals surface area contributed by atoms with Gasteiger partial charge in [-0.05, 0) is 32.1 Å². The third kappa shape index (κ3) is 27.2. The van der Waals surface area contributed by atoms with Crippen molar-refractivity contribution in [3.05, 3.63) is 18.2 Å². The molecule has 1 aromatic heterocycles. The molecule has 2 nitrogen and oxygen atoms in total. The van der Waals surface area contributed by atoms with E-state index in [-0.39, 0.29) is 0 Å². The van der Waals surface area contributed by atoms with Gasteiger partial charge in [0.25, 0.3) is 5.82 Å². The van der Waals surface area contributed by atoms with Crippen LogP contribution in [0, 0.1) is 0 Å². The Hall–Kier alpha value is -0.790. The van der Waals surface area contributed by atoms with Crippen LogP contribution >= 0.6 is 0 Å². The second-order valence-electron chi connectivity index (χ2n) is 15.2. The zero-order chi connectivity index (χ0) is 33.0. The van der Waals surface area contributed by atoms with Gasteiger partial charge in [-0.3, -0.25) is 0 Å². The highest BCUT2D eigenvalue weighted by molar-refractivity contribution is 4.84. The van der Waals surface area contributed by atoms with E-state index in [1.54, 1.807) is 5.82 Å². The monoisotopic (exact) mass is 644 g/mol. The summed E-state index contributed by atoms with van der Waals surface area (Å²) >= 11 is 0. The topological polar surface area (TPSA) is 8.81 Å². The molecule has 0 unspecified atom stereocenters. The molecule has 0 saturated carbocycles. The van der Waals surface area contributed by atoms with Gasteiger partial charge in [0.1, 0.15) is 12.4 Å². The maximum Gasteiger partial charge on any atom is 0.256 e. The largest absolute Gasteiger partial charge is 0.256 e. The SMILES string of the molecule is CCCCCCCCCCCCCCCCCCn1cc[n+](CCCCCCC)c1CCCCCCCCCCCCCCCC. The summed E-state index contributed by atoms with van der Waals surface area (Å²) in [5.74, 6) is 1.62. The van der Waals surface area contributed by atoms with Gasteiger partial charge < -0.3 is 0 Å². The highest BCUT2D eigenvalue weighted by Gasteiger charge is 2.16. The smallest absolute Gasteiger partial charge is 0.234 e. The van der Waals surface area contributed by atoms with E-state index in [1.807, 2.05) is 0 Å². The zero-order valence-electron chi connectivity index (χ0n) is 32.4. The van der Waals surface area contributed by atoms with Gasteiger partial charge >= 0.3 is 0 Å². The van der Waals surface area contributed by atoms with E-state index in [0.29, 0.717) is 0 Å². The van der Waals surface area contributed by atoms with Crippen LogP contribution in [0.3, 0.4) is 0 Å². The lowest BCUT2D eigenvalue weighted by Crippen LogP contribution is -2.37. The molecule has 0 aliphatic carbocycles. The molecule has 0 saturated heterocycles. The number of rotatable bonds is 38. The molecule has 272 valence electrons. The Morgan fingerprint density at radius 3 is 1.04 bits per heavy atom. The van der Waals surface area contributed by atoms with Crippen LogP contribution in [0.25, 0.3) is 0 Å². The lowest BCUT2D eigenvalue weighted by atomic mass is 10.0. The summed E-state index contributed by atoms with van der Waals surface area (Å²) in [6, 6.07) is 0. The van der Waals surface area contributed by atoms with Crippen LogP contribution in [0.5, 0.6) is 0 Å². The Bertz CT molecular complexity index is 707. The van der Waals surface area contributed by atoms with Crippen LogP contribution in [0.1, 0.15) is 251 Å². The molecule has 0 bridgehead atoms. The van der Waals surface area contributed by atoms with E-state index in [9.17, 15) is 0 Å². The molecule has 1 rings (SSSR count). The zero-order valence-corrected chi connectivity index (χ0v) is 32.4. The minimum atomic E-state index is 1.23. The van der Waals surface area contributed by atoms with Gasteiger partial charge in [0.15, 0.2) is 0 Å². The van der Waals surface area contributed by atoms with Crippen LogP contribution < -0.4 is 4.57 Å². The van der Waals surface area contributed by atoms with Crippen LogP contribution in [-0.2, 0) is 19.5 Å². The molecule has 0 N–H and O–H groups in total. The second-order valence-corrected chi connectivity index (χ2v) is 15.2. The van der Waals surface area contributed by atoms with E-state index in [0.717, 1.165) is 0 Å². The first-order chi connectivity index (χ1) is 22.8. The van der Waals surface area contributed by atoms with E-state index < -0.39 is 0 Å². The maximum absolute atomic E-state index is 2.64. The van der Waals surface area contributed by atoms with Gasteiger partial charge in [0.2, 0.25) is 0 Å². The van der Waals surface area contributed by atoms with E-state index in [4.69, 9.17) is 0 Å². The van der Waals surface area contributed by atoms with Crippen molar-refractivity contribution in [1.82, 2.24) is 4.57 Å². The summed E-state index contributed by atoms with van der Waals surface area (Å²) < 4.78 is 5.26. The van der Waals surface area contributed by atoms with Crippen molar-refractivity contribution in [2.75, 3.05) is 0 Å². The molecule has 2 heteroatoms. The number of unbranched alkanes of at least 4 members (excludes halogenated alkanes) is 32. The van der Waals surface area contributed by atoms with Crippen LogP contribution in [0.4, 0.5) is 0 Å². The third-order valence-corrected chi connectivity index (χ3v) is 10.6. The number of aryl methyl sites for hydroxylation is 2. The standard InChI is InChI=1S/C44H87N2/c1-4-7-10-13-15-17-19-21-23-24-26-28-30-32-35-38-41-46-43-42-45(40-37-34-12-9-6-3)44(46)39-36-33-31-29-27-25-22-20-18-16-14-11-8-5-2/h42-43H,4-41H2,1-3H3/q+1. The van der Waals surface area contributed by atoms with Gasteiger partial charge in [0, 0.05) is 6.42 Å². The van der Waals surface area contributed by atoms with Gasteiger partial charge in [-0.2, -0.15) is 0 Å². The minimum Gasteiger partial charge on any atom is -0.234 e. The maximum atomic E-state index is 2.64. The van der Waals surface area contributed by atoms with E-state index >= 15 is 0 Å². The Balaban J connectivity index is 2.16. The third-order valence-electron chi connectivity index (χ3n) is 10.6. The lowest BCUT2D eigenvalue weighted by molar-refractivity contribution is -0.704. The quantitative estimate of drug-likeness (QED) is 0.0501. The predicted molar refractivity (Wildman–Crippen MR) is 207 cm³/mol. The molecule has 0 spiro atoms. The normalized spacial score (nSPS) is 11.6. The lowest BCUT2D eigenvalue weighted by Gasteiger charge is -2.07. The molecule has 0 atom stereocenters. The summed E-state index contributed by atoms with van der Waals surface area (Å²) in [7, 11) is 0. The Morgan fingerprint density at radius 1 is 0.370 bits per heavy atom. The summed E-state index contributed by atoms with van der Waals surface area (Å²) in [5, 5.41) is 0. The summed E-state index contributed by atoms with van der Waals surface area (Å²) in [5.41, 5.74) is 0. The fraction of sp³-hybridized carbons (Fsp3) is 0.932. The Labute approximate surface area is 291 Å². The van der Waals surface area contributed by atoms with Gasteiger partial charge in [0.05, 0.1) is 13.1 Å². The molecule has 0 aliphatic rings. The highest BCUT2D eigenvalue weighted by Crippen LogP contribution is 2.16. The first-order valence-electron chi connectivity index (χ1n) is 21.9. The number of hydrogen-bond acceptors (Lipinski definition) is 0. The van der Waals surface area contributed by atoms with E-state index in [1.165, 1.54) is 244 Å².